The van der Waals surface area contributed by atoms with Crippen LogP contribution in [0, 0.1) is 6.92 Å². The van der Waals surface area contributed by atoms with Gasteiger partial charge in [0, 0.05) is 28.5 Å². The number of halogens is 1. The summed E-state index contributed by atoms with van der Waals surface area (Å²) in [5.41, 5.74) is 10.6. The first-order chi connectivity index (χ1) is 13.5. The van der Waals surface area contributed by atoms with Gasteiger partial charge in [-0.15, -0.1) is 0 Å². The van der Waals surface area contributed by atoms with Gasteiger partial charge in [-0.25, -0.2) is 4.68 Å². The van der Waals surface area contributed by atoms with Crippen molar-refractivity contribution in [3.05, 3.63) is 94.9 Å². The van der Waals surface area contributed by atoms with E-state index in [4.69, 9.17) is 17.3 Å². The Kier molecular flexibility index (Phi) is 4.67. The average Bonchev–Trinajstić information content (AvgIpc) is 3.11. The third-order valence-corrected chi connectivity index (χ3v) is 4.98. The minimum Gasteiger partial charge on any atom is -0.383 e. The Morgan fingerprint density at radius 2 is 1.86 bits per heavy atom. The summed E-state index contributed by atoms with van der Waals surface area (Å²) >= 11 is 6.20. The maximum absolute atomic E-state index is 13.0. The van der Waals surface area contributed by atoms with Crippen molar-refractivity contribution in [2.24, 2.45) is 0 Å². The molecule has 28 heavy (non-hydrogen) atoms. The quantitative estimate of drug-likeness (QED) is 0.514. The summed E-state index contributed by atoms with van der Waals surface area (Å²) < 4.78 is 1.52. The van der Waals surface area contributed by atoms with Crippen LogP contribution in [0.15, 0.2) is 73.2 Å². The van der Waals surface area contributed by atoms with E-state index in [9.17, 15) is 4.79 Å². The molecule has 2 aromatic heterocycles. The lowest BCUT2D eigenvalue weighted by Gasteiger charge is -2.07. The van der Waals surface area contributed by atoms with E-state index in [2.05, 4.69) is 10.1 Å². The van der Waals surface area contributed by atoms with E-state index in [0.29, 0.717) is 21.8 Å². The minimum absolute atomic E-state index is 0.187. The van der Waals surface area contributed by atoms with Crippen LogP contribution in [0.25, 0.3) is 16.8 Å². The number of hydrogen-bond acceptors (Lipinski definition) is 4. The van der Waals surface area contributed by atoms with Gasteiger partial charge in [0.2, 0.25) is 0 Å². The summed E-state index contributed by atoms with van der Waals surface area (Å²) in [7, 11) is 0. The highest BCUT2D eigenvalue weighted by Crippen LogP contribution is 2.25. The molecule has 2 heterocycles. The number of carbonyl (C=O) groups excluding carboxylic acids is 1. The van der Waals surface area contributed by atoms with Gasteiger partial charge in [-0.05, 0) is 42.3 Å². The van der Waals surface area contributed by atoms with E-state index in [1.54, 1.807) is 24.5 Å². The molecular weight excluding hydrogens is 372 g/mol. The molecule has 6 heteroatoms. The van der Waals surface area contributed by atoms with Crippen molar-refractivity contribution in [1.29, 1.82) is 0 Å². The third-order valence-electron chi connectivity index (χ3n) is 4.57. The molecular formula is C22H17ClN4O. The van der Waals surface area contributed by atoms with Gasteiger partial charge in [-0.1, -0.05) is 41.9 Å². The van der Waals surface area contributed by atoms with E-state index in [1.165, 1.54) is 10.9 Å². The number of nitrogen functional groups attached to an aromatic ring is 1. The molecule has 0 fully saturated rings. The van der Waals surface area contributed by atoms with E-state index < -0.39 is 0 Å². The summed E-state index contributed by atoms with van der Waals surface area (Å²) in [4.78, 5) is 17.2. The highest BCUT2D eigenvalue weighted by atomic mass is 35.5. The summed E-state index contributed by atoms with van der Waals surface area (Å²) in [6.45, 7) is 1.92. The van der Waals surface area contributed by atoms with Gasteiger partial charge >= 0.3 is 0 Å². The smallest absolute Gasteiger partial charge is 0.198 e. The number of nitrogens with two attached hydrogens (primary N) is 1. The fraction of sp³-hybridized carbons (Fsp3) is 0.0455. The van der Waals surface area contributed by atoms with Crippen LogP contribution in [0.2, 0.25) is 5.02 Å². The molecule has 0 bridgehead atoms. The average molecular weight is 389 g/mol. The van der Waals surface area contributed by atoms with Crippen LogP contribution in [0.4, 0.5) is 5.82 Å². The highest BCUT2D eigenvalue weighted by Gasteiger charge is 2.18. The van der Waals surface area contributed by atoms with Crippen LogP contribution in [-0.4, -0.2) is 20.5 Å². The van der Waals surface area contributed by atoms with E-state index in [-0.39, 0.29) is 11.6 Å². The number of carbonyl (C=O) groups is 1. The molecule has 0 saturated heterocycles. The van der Waals surface area contributed by atoms with Gasteiger partial charge < -0.3 is 5.73 Å². The van der Waals surface area contributed by atoms with Crippen molar-refractivity contribution in [3.8, 4) is 16.8 Å². The normalized spacial score (nSPS) is 10.8. The topological polar surface area (TPSA) is 73.8 Å². The van der Waals surface area contributed by atoms with Crippen LogP contribution >= 0.6 is 11.6 Å². The molecule has 0 aliphatic carbocycles. The molecule has 2 N–H and O–H groups in total. The number of hydrogen-bond donors (Lipinski definition) is 1. The second-order valence-corrected chi connectivity index (χ2v) is 6.85. The zero-order chi connectivity index (χ0) is 19.7. The van der Waals surface area contributed by atoms with Crippen molar-refractivity contribution in [2.45, 2.75) is 6.92 Å². The lowest BCUT2D eigenvalue weighted by Crippen LogP contribution is -2.07. The second-order valence-electron chi connectivity index (χ2n) is 6.44. The van der Waals surface area contributed by atoms with Crippen LogP contribution in [0.5, 0.6) is 0 Å². The zero-order valence-corrected chi connectivity index (χ0v) is 15.9. The molecule has 138 valence electrons. The molecule has 4 rings (SSSR count). The number of aryl methyl sites for hydroxylation is 1. The molecule has 0 atom stereocenters. The number of ketones is 1. The predicted molar refractivity (Wildman–Crippen MR) is 111 cm³/mol. The maximum atomic E-state index is 13.0. The number of benzene rings is 2. The van der Waals surface area contributed by atoms with Gasteiger partial charge in [0.15, 0.2) is 5.78 Å². The van der Waals surface area contributed by atoms with Crippen molar-refractivity contribution >= 4 is 23.2 Å². The highest BCUT2D eigenvalue weighted by molar-refractivity contribution is 6.31. The number of anilines is 1. The largest absolute Gasteiger partial charge is 0.383 e. The lowest BCUT2D eigenvalue weighted by molar-refractivity contribution is 0.103. The van der Waals surface area contributed by atoms with Crippen LogP contribution in [-0.2, 0) is 0 Å². The maximum Gasteiger partial charge on any atom is 0.198 e. The van der Waals surface area contributed by atoms with Gasteiger partial charge in [0.05, 0.1) is 17.4 Å². The fourth-order valence-corrected chi connectivity index (χ4v) is 3.16. The Morgan fingerprint density at radius 1 is 1.04 bits per heavy atom. The zero-order valence-electron chi connectivity index (χ0n) is 15.1. The summed E-state index contributed by atoms with van der Waals surface area (Å²) in [6, 6.07) is 16.7. The molecule has 0 aliphatic rings. The number of nitrogens with zero attached hydrogens (tertiary/aromatic N) is 3. The molecule has 0 unspecified atom stereocenters. The number of pyridine rings is 1. The Morgan fingerprint density at radius 3 is 2.61 bits per heavy atom. The Labute approximate surface area is 167 Å². The molecule has 5 nitrogen and oxygen atoms in total. The molecule has 0 aliphatic heterocycles. The Balaban J connectivity index is 1.70. The van der Waals surface area contributed by atoms with E-state index in [0.717, 1.165) is 16.7 Å². The van der Waals surface area contributed by atoms with Gasteiger partial charge in [0.1, 0.15) is 5.82 Å². The molecule has 0 radical (unpaired) electrons. The number of aromatic nitrogens is 3. The second kappa shape index (κ2) is 7.29. The molecule has 0 spiro atoms. The van der Waals surface area contributed by atoms with Crippen LogP contribution in [0.1, 0.15) is 21.5 Å². The Bertz CT molecular complexity index is 1170. The molecule has 2 aromatic carbocycles. The first-order valence-electron chi connectivity index (χ1n) is 8.70. The summed E-state index contributed by atoms with van der Waals surface area (Å²) in [5.74, 6) is 0.0874. The monoisotopic (exact) mass is 388 g/mol. The summed E-state index contributed by atoms with van der Waals surface area (Å²) in [5, 5.41) is 4.90. The van der Waals surface area contributed by atoms with Gasteiger partial charge in [0.25, 0.3) is 0 Å². The van der Waals surface area contributed by atoms with Crippen molar-refractivity contribution < 1.29 is 4.79 Å². The first-order valence-corrected chi connectivity index (χ1v) is 9.07. The predicted octanol–water partition coefficient (Wildman–Crippen LogP) is 4.71. The first kappa shape index (κ1) is 17.9. The van der Waals surface area contributed by atoms with Crippen molar-refractivity contribution in [1.82, 2.24) is 14.8 Å². The van der Waals surface area contributed by atoms with Crippen LogP contribution in [0.3, 0.4) is 0 Å². The van der Waals surface area contributed by atoms with Gasteiger partial charge in [-0.2, -0.15) is 5.10 Å². The lowest BCUT2D eigenvalue weighted by atomic mass is 10.00. The Hall–Kier alpha value is -3.44. The molecule has 0 amide bonds. The molecule has 4 aromatic rings. The van der Waals surface area contributed by atoms with Gasteiger partial charge in [-0.3, -0.25) is 9.78 Å². The van der Waals surface area contributed by atoms with E-state index in [1.807, 2.05) is 49.4 Å². The number of rotatable bonds is 4. The standard InChI is InChI=1S/C22H17ClN4O/c1-14-7-8-18(11-20(14)23)27-22(24)19(13-26-27)21(28)16-5-2-4-15(10-16)17-6-3-9-25-12-17/h2-13H,24H2,1H3. The molecule has 0 saturated carbocycles. The van der Waals surface area contributed by atoms with Crippen molar-refractivity contribution in [2.75, 3.05) is 5.73 Å². The minimum atomic E-state index is -0.187. The van der Waals surface area contributed by atoms with Crippen molar-refractivity contribution in [3.63, 3.8) is 0 Å². The summed E-state index contributed by atoms with van der Waals surface area (Å²) in [6.07, 6.45) is 4.96. The van der Waals surface area contributed by atoms with Crippen LogP contribution < -0.4 is 5.73 Å². The van der Waals surface area contributed by atoms with E-state index >= 15 is 0 Å². The SMILES string of the molecule is Cc1ccc(-n2ncc(C(=O)c3cccc(-c4cccnc4)c3)c2N)cc1Cl. The third kappa shape index (κ3) is 3.28. The fourth-order valence-electron chi connectivity index (χ4n) is 2.98.